The zero-order valence-electron chi connectivity index (χ0n) is 20.0. The molecule has 6 nitrogen and oxygen atoms in total. The van der Waals surface area contributed by atoms with Crippen molar-refractivity contribution in [1.82, 2.24) is 30.4 Å². The smallest absolute Gasteiger partial charge is 0.179 e. The van der Waals surface area contributed by atoms with E-state index in [1.54, 1.807) is 6.07 Å². The molecule has 0 aliphatic rings. The average molecular weight is 463 g/mol. The van der Waals surface area contributed by atoms with Crippen molar-refractivity contribution in [2.24, 2.45) is 0 Å². The first kappa shape index (κ1) is 23.6. The molecule has 1 N–H and O–H groups in total. The van der Waals surface area contributed by atoms with Gasteiger partial charge in [0.15, 0.2) is 5.82 Å². The normalized spacial score (nSPS) is 14.1. The SMILES string of the molecule is CC[C@H](C)c1cc(-c2c(F)cccc2F)nnc1[C@@](C)(CC)c1cccc(-c2nnc(C)[nH]2)n1. The van der Waals surface area contributed by atoms with Gasteiger partial charge in [0.25, 0.3) is 0 Å². The maximum absolute atomic E-state index is 14.5. The van der Waals surface area contributed by atoms with Gasteiger partial charge < -0.3 is 4.98 Å². The first-order valence-electron chi connectivity index (χ1n) is 11.5. The molecule has 0 bridgehead atoms. The molecule has 1 aromatic carbocycles. The topological polar surface area (TPSA) is 80.2 Å². The van der Waals surface area contributed by atoms with Crippen molar-refractivity contribution < 1.29 is 8.78 Å². The molecule has 0 amide bonds. The fraction of sp³-hybridized carbons (Fsp3) is 0.346. The second-order valence-electron chi connectivity index (χ2n) is 8.79. The van der Waals surface area contributed by atoms with E-state index in [2.05, 4.69) is 53.1 Å². The third kappa shape index (κ3) is 4.20. The van der Waals surface area contributed by atoms with E-state index in [0.29, 0.717) is 23.8 Å². The van der Waals surface area contributed by atoms with Crippen LogP contribution in [-0.2, 0) is 5.41 Å². The molecule has 0 aliphatic heterocycles. The van der Waals surface area contributed by atoms with Crippen LogP contribution in [-0.4, -0.2) is 30.4 Å². The Kier molecular flexibility index (Phi) is 6.50. The molecule has 0 aliphatic carbocycles. The lowest BCUT2D eigenvalue weighted by atomic mass is 9.76. The number of nitrogens with zero attached hydrogens (tertiary/aromatic N) is 5. The predicted molar refractivity (Wildman–Crippen MR) is 127 cm³/mol. The van der Waals surface area contributed by atoms with Gasteiger partial charge in [-0.25, -0.2) is 13.8 Å². The Morgan fingerprint density at radius 2 is 1.65 bits per heavy atom. The van der Waals surface area contributed by atoms with Gasteiger partial charge in [0.05, 0.1) is 28.1 Å². The molecule has 3 aromatic heterocycles. The molecule has 0 radical (unpaired) electrons. The van der Waals surface area contributed by atoms with Gasteiger partial charge in [-0.15, -0.1) is 15.3 Å². The van der Waals surface area contributed by atoms with Crippen LogP contribution in [0.1, 0.15) is 69.2 Å². The minimum absolute atomic E-state index is 0.102. The first-order valence-corrected chi connectivity index (χ1v) is 11.5. The quantitative estimate of drug-likeness (QED) is 0.357. The van der Waals surface area contributed by atoms with E-state index in [0.717, 1.165) is 23.4 Å². The summed E-state index contributed by atoms with van der Waals surface area (Å²) in [6.07, 6.45) is 1.53. The van der Waals surface area contributed by atoms with Crippen molar-refractivity contribution in [3.63, 3.8) is 0 Å². The molecule has 0 spiro atoms. The standard InChI is InChI=1S/C26H28F2N6/c1-6-15(3)17-14-21(23-18(27)10-8-11-19(23)28)32-33-24(17)26(5,7-2)22-13-9-12-20(30-22)25-29-16(4)31-34-25/h8-15H,6-7H2,1-5H3,(H,29,31,34)/t15-,26-/m0/s1. The summed E-state index contributed by atoms with van der Waals surface area (Å²) < 4.78 is 29.0. The molecule has 4 aromatic rings. The zero-order chi connectivity index (χ0) is 24.5. The summed E-state index contributed by atoms with van der Waals surface area (Å²) in [4.78, 5) is 8.01. The zero-order valence-corrected chi connectivity index (χ0v) is 20.0. The first-order chi connectivity index (χ1) is 16.3. The third-order valence-corrected chi connectivity index (χ3v) is 6.57. The molecule has 0 saturated heterocycles. The summed E-state index contributed by atoms with van der Waals surface area (Å²) in [6.45, 7) is 10.1. The molecular formula is C26H28F2N6. The molecule has 0 unspecified atom stereocenters. The molecule has 4 rings (SSSR count). The Balaban J connectivity index is 1.88. The Morgan fingerprint density at radius 1 is 0.941 bits per heavy atom. The van der Waals surface area contributed by atoms with Crippen molar-refractivity contribution in [1.29, 1.82) is 0 Å². The van der Waals surface area contributed by atoms with Crippen molar-refractivity contribution in [3.8, 4) is 22.8 Å². The highest BCUT2D eigenvalue weighted by molar-refractivity contribution is 5.62. The number of benzene rings is 1. The molecule has 0 fully saturated rings. The van der Waals surface area contributed by atoms with E-state index >= 15 is 0 Å². The molecule has 0 saturated carbocycles. The Morgan fingerprint density at radius 3 is 2.26 bits per heavy atom. The number of hydrogen-bond acceptors (Lipinski definition) is 5. The number of nitrogens with one attached hydrogen (secondary N) is 1. The minimum atomic E-state index is -0.660. The lowest BCUT2D eigenvalue weighted by molar-refractivity contribution is 0.496. The Labute approximate surface area is 197 Å². The van der Waals surface area contributed by atoms with Gasteiger partial charge in [-0.3, -0.25) is 0 Å². The number of aryl methyl sites for hydroxylation is 1. The Bertz CT molecular complexity index is 1300. The van der Waals surface area contributed by atoms with Gasteiger partial charge in [-0.2, -0.15) is 5.10 Å². The monoisotopic (exact) mass is 462 g/mol. The summed E-state index contributed by atoms with van der Waals surface area (Å²) in [7, 11) is 0. The average Bonchev–Trinajstić information content (AvgIpc) is 3.29. The predicted octanol–water partition coefficient (Wildman–Crippen LogP) is 6.14. The Hall–Kier alpha value is -3.55. The lowest BCUT2D eigenvalue weighted by Gasteiger charge is -2.30. The molecule has 3 heterocycles. The van der Waals surface area contributed by atoms with Crippen LogP contribution in [0.4, 0.5) is 8.78 Å². The number of aromatic nitrogens is 6. The minimum Gasteiger partial charge on any atom is -0.324 e. The van der Waals surface area contributed by atoms with Gasteiger partial charge in [0.2, 0.25) is 0 Å². The third-order valence-electron chi connectivity index (χ3n) is 6.57. The van der Waals surface area contributed by atoms with Crippen LogP contribution in [0.2, 0.25) is 0 Å². The van der Waals surface area contributed by atoms with E-state index < -0.39 is 17.0 Å². The summed E-state index contributed by atoms with van der Waals surface area (Å²) >= 11 is 0. The van der Waals surface area contributed by atoms with E-state index in [-0.39, 0.29) is 17.2 Å². The molecular weight excluding hydrogens is 434 g/mol. The summed E-state index contributed by atoms with van der Waals surface area (Å²) in [5.74, 6) is 0.0853. The fourth-order valence-electron chi connectivity index (χ4n) is 4.10. The van der Waals surface area contributed by atoms with E-state index in [1.807, 2.05) is 25.1 Å². The van der Waals surface area contributed by atoms with Gasteiger partial charge in [0, 0.05) is 0 Å². The number of H-pyrrole nitrogens is 1. The number of rotatable bonds is 7. The van der Waals surface area contributed by atoms with Crippen LogP contribution in [0.3, 0.4) is 0 Å². The number of pyridine rings is 1. The van der Waals surface area contributed by atoms with Gasteiger partial charge >= 0.3 is 0 Å². The van der Waals surface area contributed by atoms with Gasteiger partial charge in [0.1, 0.15) is 23.2 Å². The maximum Gasteiger partial charge on any atom is 0.179 e. The van der Waals surface area contributed by atoms with Gasteiger partial charge in [-0.1, -0.05) is 32.9 Å². The van der Waals surface area contributed by atoms with Crippen molar-refractivity contribution in [3.05, 3.63) is 76.9 Å². The largest absolute Gasteiger partial charge is 0.324 e. The highest BCUT2D eigenvalue weighted by Crippen LogP contribution is 2.39. The van der Waals surface area contributed by atoms with Crippen molar-refractivity contribution >= 4 is 0 Å². The molecule has 2 atom stereocenters. The van der Waals surface area contributed by atoms with Crippen LogP contribution >= 0.6 is 0 Å². The molecule has 8 heteroatoms. The summed E-state index contributed by atoms with van der Waals surface area (Å²) in [6, 6.07) is 11.3. The van der Waals surface area contributed by atoms with Crippen LogP contribution < -0.4 is 0 Å². The van der Waals surface area contributed by atoms with E-state index in [1.165, 1.54) is 18.2 Å². The number of halogens is 2. The maximum atomic E-state index is 14.5. The van der Waals surface area contributed by atoms with Crippen LogP contribution in [0.5, 0.6) is 0 Å². The summed E-state index contributed by atoms with van der Waals surface area (Å²) in [5, 5.41) is 17.1. The summed E-state index contributed by atoms with van der Waals surface area (Å²) in [5.41, 5.74) is 2.59. The van der Waals surface area contributed by atoms with Gasteiger partial charge in [-0.05, 0) is 68.5 Å². The molecule has 34 heavy (non-hydrogen) atoms. The second kappa shape index (κ2) is 9.37. The lowest BCUT2D eigenvalue weighted by Crippen LogP contribution is -2.28. The number of aromatic amines is 1. The second-order valence-corrected chi connectivity index (χ2v) is 8.79. The van der Waals surface area contributed by atoms with E-state index in [4.69, 9.17) is 4.98 Å². The van der Waals surface area contributed by atoms with E-state index in [9.17, 15) is 8.78 Å². The fourth-order valence-corrected chi connectivity index (χ4v) is 4.10. The number of hydrogen-bond donors (Lipinski definition) is 1. The highest BCUT2D eigenvalue weighted by Gasteiger charge is 2.35. The molecule has 176 valence electrons. The van der Waals surface area contributed by atoms with Crippen LogP contribution in [0.25, 0.3) is 22.8 Å². The van der Waals surface area contributed by atoms with Crippen molar-refractivity contribution in [2.75, 3.05) is 0 Å². The highest BCUT2D eigenvalue weighted by atomic mass is 19.1. The van der Waals surface area contributed by atoms with Crippen LogP contribution in [0, 0.1) is 18.6 Å². The van der Waals surface area contributed by atoms with Crippen LogP contribution in [0.15, 0.2) is 42.5 Å². The van der Waals surface area contributed by atoms with Crippen molar-refractivity contribution in [2.45, 2.75) is 58.8 Å².